The van der Waals surface area contributed by atoms with E-state index in [-0.39, 0.29) is 12.5 Å². The fourth-order valence-electron chi connectivity index (χ4n) is 1.49. The van der Waals surface area contributed by atoms with Crippen molar-refractivity contribution in [3.05, 3.63) is 18.2 Å². The summed E-state index contributed by atoms with van der Waals surface area (Å²) in [4.78, 5) is 15.8. The average molecular weight is 265 g/mol. The van der Waals surface area contributed by atoms with E-state index in [1.807, 2.05) is 6.07 Å². The Morgan fingerprint density at radius 2 is 2.42 bits per heavy atom. The monoisotopic (exact) mass is 265 g/mol. The Kier molecular flexibility index (Phi) is 7.24. The molecule has 7 nitrogen and oxygen atoms in total. The van der Waals surface area contributed by atoms with Crippen LogP contribution in [0.3, 0.4) is 0 Å². The van der Waals surface area contributed by atoms with E-state index in [0.717, 1.165) is 12.4 Å². The third-order valence-electron chi connectivity index (χ3n) is 2.44. The van der Waals surface area contributed by atoms with E-state index >= 15 is 0 Å². The number of hydrogen-bond acceptors (Lipinski definition) is 5. The fraction of sp³-hybridized carbons (Fsp3) is 0.583. The molecule has 1 aromatic heterocycles. The van der Waals surface area contributed by atoms with Crippen LogP contribution in [0.25, 0.3) is 0 Å². The van der Waals surface area contributed by atoms with Crippen LogP contribution in [-0.2, 0) is 22.6 Å². The summed E-state index contributed by atoms with van der Waals surface area (Å²) in [7, 11) is 1.65. The van der Waals surface area contributed by atoms with Crippen molar-refractivity contribution in [2.45, 2.75) is 19.5 Å². The van der Waals surface area contributed by atoms with Crippen LogP contribution in [0, 0.1) is 11.3 Å². The van der Waals surface area contributed by atoms with E-state index in [1.54, 1.807) is 24.1 Å². The number of ether oxygens (including phenoxy) is 1. The second-order valence-electron chi connectivity index (χ2n) is 3.90. The third kappa shape index (κ3) is 5.99. The molecule has 0 saturated carbocycles. The van der Waals surface area contributed by atoms with E-state index in [4.69, 9.17) is 10.00 Å². The van der Waals surface area contributed by atoms with Gasteiger partial charge in [-0.2, -0.15) is 5.26 Å². The molecule has 0 aliphatic carbocycles. The van der Waals surface area contributed by atoms with E-state index in [1.165, 1.54) is 0 Å². The zero-order valence-corrected chi connectivity index (χ0v) is 11.1. The molecule has 7 heteroatoms. The summed E-state index contributed by atoms with van der Waals surface area (Å²) in [5, 5.41) is 14.2. The van der Waals surface area contributed by atoms with Gasteiger partial charge in [0.2, 0.25) is 5.91 Å². The summed E-state index contributed by atoms with van der Waals surface area (Å²) in [5.74, 6) is 0.679. The molecule has 104 valence electrons. The molecule has 2 N–H and O–H groups in total. The number of imidazole rings is 1. The number of nitrogens with zero attached hydrogens (tertiary/aromatic N) is 3. The fourth-order valence-corrected chi connectivity index (χ4v) is 1.49. The Labute approximate surface area is 112 Å². The second kappa shape index (κ2) is 9.08. The SMILES string of the molecule is COCCNCc1nccn1CC(=O)NCCC#N. The van der Waals surface area contributed by atoms with Crippen molar-refractivity contribution < 1.29 is 9.53 Å². The highest BCUT2D eigenvalue weighted by Crippen LogP contribution is 1.97. The van der Waals surface area contributed by atoms with Gasteiger partial charge in [-0.3, -0.25) is 4.79 Å². The predicted molar refractivity (Wildman–Crippen MR) is 69.0 cm³/mol. The van der Waals surface area contributed by atoms with Crippen LogP contribution in [0.1, 0.15) is 12.2 Å². The van der Waals surface area contributed by atoms with Crippen LogP contribution in [-0.4, -0.2) is 42.3 Å². The van der Waals surface area contributed by atoms with E-state index in [2.05, 4.69) is 15.6 Å². The van der Waals surface area contributed by atoms with E-state index < -0.39 is 0 Å². The minimum Gasteiger partial charge on any atom is -0.383 e. The van der Waals surface area contributed by atoms with Gasteiger partial charge >= 0.3 is 0 Å². The molecule has 1 rings (SSSR count). The molecule has 0 bridgehead atoms. The number of rotatable bonds is 9. The van der Waals surface area contributed by atoms with Crippen LogP contribution in [0.15, 0.2) is 12.4 Å². The lowest BCUT2D eigenvalue weighted by Crippen LogP contribution is -2.29. The lowest BCUT2D eigenvalue weighted by molar-refractivity contribution is -0.121. The number of carbonyl (C=O) groups excluding carboxylic acids is 1. The Balaban J connectivity index is 2.35. The number of amides is 1. The van der Waals surface area contributed by atoms with Gasteiger partial charge in [0.25, 0.3) is 0 Å². The van der Waals surface area contributed by atoms with Gasteiger partial charge in [0.15, 0.2) is 0 Å². The molecule has 1 heterocycles. The van der Waals surface area contributed by atoms with Gasteiger partial charge in [-0.1, -0.05) is 0 Å². The first-order valence-electron chi connectivity index (χ1n) is 6.11. The summed E-state index contributed by atoms with van der Waals surface area (Å²) in [6.07, 6.45) is 3.74. The summed E-state index contributed by atoms with van der Waals surface area (Å²) < 4.78 is 6.71. The second-order valence-corrected chi connectivity index (χ2v) is 3.90. The van der Waals surface area contributed by atoms with Crippen LogP contribution < -0.4 is 10.6 Å². The first kappa shape index (κ1) is 15.1. The van der Waals surface area contributed by atoms with Crippen molar-refractivity contribution >= 4 is 5.91 Å². The average Bonchev–Trinajstić information content (AvgIpc) is 2.82. The number of nitriles is 1. The normalized spacial score (nSPS) is 10.1. The molecule has 0 aliphatic heterocycles. The smallest absolute Gasteiger partial charge is 0.240 e. The molecule has 0 unspecified atom stereocenters. The van der Waals surface area contributed by atoms with Crippen LogP contribution >= 0.6 is 0 Å². The summed E-state index contributed by atoms with van der Waals surface area (Å²) >= 11 is 0. The molecule has 0 fully saturated rings. The zero-order valence-electron chi connectivity index (χ0n) is 11.1. The van der Waals surface area contributed by atoms with Crippen molar-refractivity contribution in [3.63, 3.8) is 0 Å². The molecule has 0 saturated heterocycles. The maximum Gasteiger partial charge on any atom is 0.240 e. The minimum absolute atomic E-state index is 0.119. The Hall–Kier alpha value is -1.91. The van der Waals surface area contributed by atoms with Gasteiger partial charge in [0.05, 0.1) is 25.6 Å². The molecule has 0 atom stereocenters. The standard InChI is InChI=1S/C12H19N5O2/c1-19-8-6-14-9-11-15-5-7-17(11)10-12(18)16-4-2-3-13/h5,7,14H,2,4,6,8-10H2,1H3,(H,16,18). The van der Waals surface area contributed by atoms with Gasteiger partial charge in [-0.05, 0) is 0 Å². The van der Waals surface area contributed by atoms with Crippen molar-refractivity contribution in [3.8, 4) is 6.07 Å². The minimum atomic E-state index is -0.119. The lowest BCUT2D eigenvalue weighted by atomic mass is 10.4. The van der Waals surface area contributed by atoms with Gasteiger partial charge in [-0.25, -0.2) is 4.98 Å². The van der Waals surface area contributed by atoms with Gasteiger partial charge in [0.1, 0.15) is 12.4 Å². The summed E-state index contributed by atoms with van der Waals surface area (Å²) in [6, 6.07) is 1.98. The molecular formula is C12H19N5O2. The zero-order chi connectivity index (χ0) is 13.9. The van der Waals surface area contributed by atoms with Crippen LogP contribution in [0.5, 0.6) is 0 Å². The molecule has 0 radical (unpaired) electrons. The number of nitrogens with one attached hydrogen (secondary N) is 2. The van der Waals surface area contributed by atoms with Gasteiger partial charge in [-0.15, -0.1) is 0 Å². The molecule has 19 heavy (non-hydrogen) atoms. The number of aromatic nitrogens is 2. The van der Waals surface area contributed by atoms with E-state index in [0.29, 0.717) is 26.1 Å². The molecule has 0 spiro atoms. The maximum atomic E-state index is 11.6. The topological polar surface area (TPSA) is 92.0 Å². The summed E-state index contributed by atoms with van der Waals surface area (Å²) in [6.45, 7) is 2.55. The quantitative estimate of drug-likeness (QED) is 0.595. The van der Waals surface area contributed by atoms with E-state index in [9.17, 15) is 4.79 Å². The number of carbonyl (C=O) groups is 1. The molecule has 0 aliphatic rings. The number of methoxy groups -OCH3 is 1. The molecule has 0 aromatic carbocycles. The van der Waals surface area contributed by atoms with Crippen molar-refractivity contribution in [2.24, 2.45) is 0 Å². The highest BCUT2D eigenvalue weighted by molar-refractivity contribution is 5.75. The van der Waals surface area contributed by atoms with Crippen LogP contribution in [0.4, 0.5) is 0 Å². The highest BCUT2D eigenvalue weighted by Gasteiger charge is 2.06. The highest BCUT2D eigenvalue weighted by atomic mass is 16.5. The first-order valence-corrected chi connectivity index (χ1v) is 6.11. The maximum absolute atomic E-state index is 11.6. The van der Waals surface area contributed by atoms with Crippen LogP contribution in [0.2, 0.25) is 0 Å². The summed E-state index contributed by atoms with van der Waals surface area (Å²) in [5.41, 5.74) is 0. The Bertz CT molecular complexity index is 424. The Morgan fingerprint density at radius 1 is 1.58 bits per heavy atom. The molecular weight excluding hydrogens is 246 g/mol. The van der Waals surface area contributed by atoms with Crippen molar-refractivity contribution in [2.75, 3.05) is 26.8 Å². The first-order chi connectivity index (χ1) is 9.27. The molecule has 1 aromatic rings. The van der Waals surface area contributed by atoms with Gasteiger partial charge in [0, 0.05) is 32.6 Å². The van der Waals surface area contributed by atoms with Crippen molar-refractivity contribution in [1.29, 1.82) is 5.26 Å². The number of hydrogen-bond donors (Lipinski definition) is 2. The van der Waals surface area contributed by atoms with Crippen molar-refractivity contribution in [1.82, 2.24) is 20.2 Å². The molecule has 1 amide bonds. The largest absolute Gasteiger partial charge is 0.383 e. The predicted octanol–water partition coefficient (Wildman–Crippen LogP) is -0.351. The Morgan fingerprint density at radius 3 is 3.16 bits per heavy atom. The lowest BCUT2D eigenvalue weighted by Gasteiger charge is -2.08. The van der Waals surface area contributed by atoms with Gasteiger partial charge < -0.3 is 19.9 Å². The third-order valence-corrected chi connectivity index (χ3v) is 2.44.